The van der Waals surface area contributed by atoms with Gasteiger partial charge in [-0.3, -0.25) is 4.79 Å². The number of ether oxygens (including phenoxy) is 1. The van der Waals surface area contributed by atoms with Crippen molar-refractivity contribution in [3.63, 3.8) is 0 Å². The minimum atomic E-state index is -0.889. The van der Waals surface area contributed by atoms with Gasteiger partial charge in [0.1, 0.15) is 0 Å². The molecule has 0 radical (unpaired) electrons. The molecule has 2 unspecified atom stereocenters. The van der Waals surface area contributed by atoms with Crippen molar-refractivity contribution in [3.8, 4) is 0 Å². The number of amides is 2. The first-order valence-corrected chi connectivity index (χ1v) is 6.57. The smallest absolute Gasteiger partial charge is 0.314 e. The van der Waals surface area contributed by atoms with Crippen LogP contribution in [0.4, 0.5) is 4.79 Å². The van der Waals surface area contributed by atoms with Crippen LogP contribution in [0.5, 0.6) is 0 Å². The molecule has 1 fully saturated rings. The van der Waals surface area contributed by atoms with Crippen molar-refractivity contribution in [2.24, 2.45) is 5.92 Å². The van der Waals surface area contributed by atoms with Gasteiger partial charge >= 0.3 is 12.0 Å². The van der Waals surface area contributed by atoms with Crippen LogP contribution >= 0.6 is 0 Å². The Kier molecular flexibility index (Phi) is 6.58. The van der Waals surface area contributed by atoms with Gasteiger partial charge in [-0.25, -0.2) is 4.79 Å². The highest BCUT2D eigenvalue weighted by atomic mass is 16.5. The fourth-order valence-corrected chi connectivity index (χ4v) is 1.88. The molecule has 0 aromatic rings. The topological polar surface area (TPSA) is 90.9 Å². The molecule has 1 heterocycles. The maximum atomic E-state index is 11.5. The van der Waals surface area contributed by atoms with Gasteiger partial charge in [0.05, 0.1) is 18.6 Å². The minimum absolute atomic E-state index is 0.00838. The lowest BCUT2D eigenvalue weighted by Gasteiger charge is -2.30. The molecule has 0 bridgehead atoms. The number of hydrogen-bond donors (Lipinski definition) is 3. The molecule has 2 atom stereocenters. The van der Waals surface area contributed by atoms with E-state index in [1.54, 1.807) is 6.92 Å². The van der Waals surface area contributed by atoms with E-state index < -0.39 is 11.9 Å². The number of carbonyl (C=O) groups is 2. The average Bonchev–Trinajstić information content (AvgIpc) is 2.37. The molecular formula is C12H23N3O4. The van der Waals surface area contributed by atoms with E-state index in [-0.39, 0.29) is 18.7 Å². The Labute approximate surface area is 113 Å². The van der Waals surface area contributed by atoms with Gasteiger partial charge in [-0.15, -0.1) is 0 Å². The summed E-state index contributed by atoms with van der Waals surface area (Å²) in [6, 6.07) is -0.350. The van der Waals surface area contributed by atoms with E-state index in [1.165, 1.54) is 0 Å². The van der Waals surface area contributed by atoms with Crippen LogP contribution in [0.3, 0.4) is 0 Å². The van der Waals surface area contributed by atoms with Crippen molar-refractivity contribution in [2.45, 2.75) is 19.4 Å². The Morgan fingerprint density at radius 1 is 1.47 bits per heavy atom. The predicted molar refractivity (Wildman–Crippen MR) is 70.1 cm³/mol. The Hall–Kier alpha value is -1.34. The van der Waals surface area contributed by atoms with Crippen molar-refractivity contribution in [2.75, 3.05) is 39.8 Å². The Balaban J connectivity index is 2.18. The lowest BCUT2D eigenvalue weighted by molar-refractivity contribution is -0.141. The Morgan fingerprint density at radius 3 is 2.79 bits per heavy atom. The van der Waals surface area contributed by atoms with Crippen LogP contribution in [0.25, 0.3) is 0 Å². The van der Waals surface area contributed by atoms with Crippen molar-refractivity contribution in [1.29, 1.82) is 0 Å². The van der Waals surface area contributed by atoms with E-state index in [0.29, 0.717) is 19.6 Å². The van der Waals surface area contributed by atoms with Crippen molar-refractivity contribution < 1.29 is 19.4 Å². The summed E-state index contributed by atoms with van der Waals surface area (Å²) >= 11 is 0. The average molecular weight is 273 g/mol. The first-order chi connectivity index (χ1) is 9.02. The largest absolute Gasteiger partial charge is 0.481 e. The summed E-state index contributed by atoms with van der Waals surface area (Å²) in [5.74, 6) is -1.43. The highest BCUT2D eigenvalue weighted by Crippen LogP contribution is 2.02. The van der Waals surface area contributed by atoms with E-state index in [0.717, 1.165) is 13.1 Å². The van der Waals surface area contributed by atoms with Gasteiger partial charge < -0.3 is 25.4 Å². The molecule has 2 amide bonds. The zero-order valence-electron chi connectivity index (χ0n) is 11.5. The van der Waals surface area contributed by atoms with Crippen molar-refractivity contribution >= 4 is 12.0 Å². The van der Waals surface area contributed by atoms with Crippen LogP contribution in [-0.2, 0) is 9.53 Å². The van der Waals surface area contributed by atoms with Gasteiger partial charge in [0, 0.05) is 26.2 Å². The number of carbonyl (C=O) groups excluding carboxylic acids is 1. The second-order valence-electron chi connectivity index (χ2n) is 4.79. The molecule has 7 heteroatoms. The summed E-state index contributed by atoms with van der Waals surface area (Å²) < 4.78 is 5.51. The number of morpholine rings is 1. The number of carboxylic acids is 1. The molecule has 0 aliphatic carbocycles. The number of carboxylic acid groups (broad SMARTS) is 1. The second kappa shape index (κ2) is 7.96. The van der Waals surface area contributed by atoms with Crippen LogP contribution in [0.1, 0.15) is 13.3 Å². The fraction of sp³-hybridized carbons (Fsp3) is 0.833. The lowest BCUT2D eigenvalue weighted by Crippen LogP contribution is -2.48. The molecule has 3 N–H and O–H groups in total. The molecule has 19 heavy (non-hydrogen) atoms. The molecular weight excluding hydrogens is 250 g/mol. The van der Waals surface area contributed by atoms with Crippen LogP contribution in [0.15, 0.2) is 0 Å². The van der Waals surface area contributed by atoms with Crippen LogP contribution in [-0.4, -0.2) is 67.9 Å². The summed E-state index contributed by atoms with van der Waals surface area (Å²) in [6.07, 6.45) is 0.484. The van der Waals surface area contributed by atoms with E-state index in [4.69, 9.17) is 9.84 Å². The van der Waals surface area contributed by atoms with E-state index in [1.807, 2.05) is 7.05 Å². The summed E-state index contributed by atoms with van der Waals surface area (Å²) in [5.41, 5.74) is 0. The minimum Gasteiger partial charge on any atom is -0.481 e. The highest BCUT2D eigenvalue weighted by molar-refractivity contribution is 5.75. The summed E-state index contributed by atoms with van der Waals surface area (Å²) in [6.45, 7) is 4.71. The maximum absolute atomic E-state index is 11.5. The molecule has 1 saturated heterocycles. The van der Waals surface area contributed by atoms with Gasteiger partial charge in [-0.2, -0.15) is 0 Å². The number of rotatable bonds is 6. The number of likely N-dealkylation sites (N-methyl/N-ethyl adjacent to an activating group) is 1. The lowest BCUT2D eigenvalue weighted by atomic mass is 10.1. The molecule has 1 aliphatic heterocycles. The fourth-order valence-electron chi connectivity index (χ4n) is 1.88. The molecule has 0 aromatic carbocycles. The van der Waals surface area contributed by atoms with Gasteiger partial charge in [-0.1, -0.05) is 6.92 Å². The van der Waals surface area contributed by atoms with E-state index >= 15 is 0 Å². The van der Waals surface area contributed by atoms with Crippen molar-refractivity contribution in [3.05, 3.63) is 0 Å². The standard InChI is InChI=1S/C12H23N3O4/c1-3-9(11(16)17)6-13-12(18)14-7-10-8-15(2)4-5-19-10/h9-10H,3-8H2,1-2H3,(H,16,17)(H2,13,14,18). The molecule has 0 spiro atoms. The monoisotopic (exact) mass is 273 g/mol. The van der Waals surface area contributed by atoms with Crippen molar-refractivity contribution in [1.82, 2.24) is 15.5 Å². The zero-order chi connectivity index (χ0) is 14.3. The number of nitrogens with zero attached hydrogens (tertiary/aromatic N) is 1. The van der Waals surface area contributed by atoms with Gasteiger partial charge in [0.25, 0.3) is 0 Å². The highest BCUT2D eigenvalue weighted by Gasteiger charge is 2.19. The normalized spacial score (nSPS) is 21.7. The summed E-state index contributed by atoms with van der Waals surface area (Å²) in [4.78, 5) is 24.5. The van der Waals surface area contributed by atoms with Crippen LogP contribution < -0.4 is 10.6 Å². The van der Waals surface area contributed by atoms with E-state index in [9.17, 15) is 9.59 Å². The number of nitrogens with one attached hydrogen (secondary N) is 2. The molecule has 7 nitrogen and oxygen atoms in total. The molecule has 110 valence electrons. The summed E-state index contributed by atoms with van der Waals surface area (Å²) in [7, 11) is 2.01. The first-order valence-electron chi connectivity index (χ1n) is 6.57. The molecule has 1 rings (SSSR count). The van der Waals surface area contributed by atoms with E-state index in [2.05, 4.69) is 15.5 Å². The van der Waals surface area contributed by atoms with Crippen LogP contribution in [0, 0.1) is 5.92 Å². The third-order valence-corrected chi connectivity index (χ3v) is 3.18. The predicted octanol–water partition coefficient (Wildman–Crippen LogP) is -0.273. The third kappa shape index (κ3) is 5.89. The summed E-state index contributed by atoms with van der Waals surface area (Å²) in [5, 5.41) is 14.1. The molecule has 0 saturated carbocycles. The second-order valence-corrected chi connectivity index (χ2v) is 4.79. The third-order valence-electron chi connectivity index (χ3n) is 3.18. The SMILES string of the molecule is CCC(CNC(=O)NCC1CN(C)CCO1)C(=O)O. The number of hydrogen-bond acceptors (Lipinski definition) is 4. The molecule has 0 aromatic heterocycles. The van der Waals surface area contributed by atoms with Gasteiger partial charge in [0.15, 0.2) is 0 Å². The molecule has 1 aliphatic rings. The van der Waals surface area contributed by atoms with Gasteiger partial charge in [0.2, 0.25) is 0 Å². The van der Waals surface area contributed by atoms with Crippen LogP contribution in [0.2, 0.25) is 0 Å². The maximum Gasteiger partial charge on any atom is 0.314 e. The quantitative estimate of drug-likeness (QED) is 0.619. The first kappa shape index (κ1) is 15.7. The van der Waals surface area contributed by atoms with Gasteiger partial charge in [-0.05, 0) is 13.5 Å². The Bertz CT molecular complexity index is 311. The number of aliphatic carboxylic acids is 1. The zero-order valence-corrected chi connectivity index (χ0v) is 11.5. The Morgan fingerprint density at radius 2 is 2.21 bits per heavy atom. The number of urea groups is 1.